The van der Waals surface area contributed by atoms with Gasteiger partial charge in [-0.3, -0.25) is 14.5 Å². The van der Waals surface area contributed by atoms with E-state index in [0.29, 0.717) is 22.6 Å². The standard InChI is InChI=1S/C21H17FN6O2S/c1-21(2)19(30)26(16-7-5-13(11-23)28-17(16)8-9-25-28)20(31)27(21)12-4-6-14(15(22)10-12)18(29)24-3/h4-10H,1-3H3,(H,24,29). The molecule has 156 valence electrons. The molecule has 1 saturated heterocycles. The number of nitrogens with zero attached hydrogens (tertiary/aromatic N) is 5. The number of hydrogen-bond donors (Lipinski definition) is 1. The van der Waals surface area contributed by atoms with Crippen molar-refractivity contribution < 1.29 is 14.0 Å². The summed E-state index contributed by atoms with van der Waals surface area (Å²) < 4.78 is 16.0. The van der Waals surface area contributed by atoms with Crippen LogP contribution in [-0.2, 0) is 4.79 Å². The maximum Gasteiger partial charge on any atom is 0.259 e. The highest BCUT2D eigenvalue weighted by Crippen LogP contribution is 2.38. The van der Waals surface area contributed by atoms with Gasteiger partial charge in [0, 0.05) is 12.7 Å². The highest BCUT2D eigenvalue weighted by Gasteiger charge is 2.50. The van der Waals surface area contributed by atoms with Crippen molar-refractivity contribution in [2.75, 3.05) is 16.8 Å². The van der Waals surface area contributed by atoms with E-state index in [4.69, 9.17) is 12.2 Å². The van der Waals surface area contributed by atoms with E-state index in [1.807, 2.05) is 0 Å². The van der Waals surface area contributed by atoms with Crippen LogP contribution < -0.4 is 15.1 Å². The molecule has 3 heterocycles. The van der Waals surface area contributed by atoms with E-state index in [2.05, 4.69) is 16.5 Å². The molecule has 1 aliphatic rings. The minimum Gasteiger partial charge on any atom is -0.355 e. The van der Waals surface area contributed by atoms with Crippen LogP contribution in [-0.4, -0.2) is 39.1 Å². The van der Waals surface area contributed by atoms with Crippen LogP contribution >= 0.6 is 12.2 Å². The topological polar surface area (TPSA) is 93.7 Å². The van der Waals surface area contributed by atoms with Gasteiger partial charge < -0.3 is 10.2 Å². The largest absolute Gasteiger partial charge is 0.355 e. The highest BCUT2D eigenvalue weighted by molar-refractivity contribution is 7.81. The zero-order valence-electron chi connectivity index (χ0n) is 16.9. The minimum atomic E-state index is -1.12. The molecule has 4 rings (SSSR count). The molecule has 1 aliphatic heterocycles. The number of fused-ring (bicyclic) bond motifs is 1. The number of hydrogen-bond acceptors (Lipinski definition) is 5. The van der Waals surface area contributed by atoms with E-state index in [1.54, 1.807) is 43.0 Å². The highest BCUT2D eigenvalue weighted by atomic mass is 32.1. The molecule has 0 saturated carbocycles. The molecule has 0 spiro atoms. The van der Waals surface area contributed by atoms with Gasteiger partial charge in [0.15, 0.2) is 5.11 Å². The molecule has 8 nitrogen and oxygen atoms in total. The molecule has 0 atom stereocenters. The van der Waals surface area contributed by atoms with Gasteiger partial charge in [0.25, 0.3) is 11.8 Å². The second-order valence-electron chi connectivity index (χ2n) is 7.40. The molecule has 0 aliphatic carbocycles. The lowest BCUT2D eigenvalue weighted by Crippen LogP contribution is -2.44. The first kappa shape index (κ1) is 20.4. The maximum atomic E-state index is 14.6. The SMILES string of the molecule is CNC(=O)c1ccc(N2C(=S)N(c3ccc(C#N)n4nccc34)C(=O)C2(C)C)cc1F. The van der Waals surface area contributed by atoms with Crippen molar-refractivity contribution in [3.8, 4) is 6.07 Å². The van der Waals surface area contributed by atoms with Crippen LogP contribution in [0.5, 0.6) is 0 Å². The van der Waals surface area contributed by atoms with Crippen LogP contribution in [0.1, 0.15) is 29.9 Å². The summed E-state index contributed by atoms with van der Waals surface area (Å²) in [5, 5.41) is 16.0. The Kier molecular flexibility index (Phi) is 4.71. The Morgan fingerprint density at radius 2 is 2.00 bits per heavy atom. The van der Waals surface area contributed by atoms with Crippen LogP contribution in [0, 0.1) is 17.1 Å². The number of nitrogens with one attached hydrogen (secondary N) is 1. The lowest BCUT2D eigenvalue weighted by atomic mass is 10.0. The zero-order chi connectivity index (χ0) is 22.5. The lowest BCUT2D eigenvalue weighted by molar-refractivity contribution is -0.120. The molecule has 10 heteroatoms. The van der Waals surface area contributed by atoms with Crippen LogP contribution in [0.3, 0.4) is 0 Å². The monoisotopic (exact) mass is 436 g/mol. The smallest absolute Gasteiger partial charge is 0.259 e. The van der Waals surface area contributed by atoms with Gasteiger partial charge in [-0.2, -0.15) is 10.4 Å². The van der Waals surface area contributed by atoms with Crippen LogP contribution in [0.2, 0.25) is 0 Å². The van der Waals surface area contributed by atoms with E-state index in [-0.39, 0.29) is 16.6 Å². The Bertz CT molecular complexity index is 1310. The quantitative estimate of drug-likeness (QED) is 0.635. The van der Waals surface area contributed by atoms with E-state index < -0.39 is 17.3 Å². The lowest BCUT2D eigenvalue weighted by Gasteiger charge is -2.29. The summed E-state index contributed by atoms with van der Waals surface area (Å²) in [5.74, 6) is -1.59. The Morgan fingerprint density at radius 3 is 2.65 bits per heavy atom. The summed E-state index contributed by atoms with van der Waals surface area (Å²) in [4.78, 5) is 28.1. The Morgan fingerprint density at radius 1 is 1.26 bits per heavy atom. The second-order valence-corrected chi connectivity index (χ2v) is 7.77. The van der Waals surface area contributed by atoms with Crippen molar-refractivity contribution >= 4 is 46.0 Å². The number of thiocarbonyl (C=S) groups is 1. The fraction of sp³-hybridized carbons (Fsp3) is 0.190. The summed E-state index contributed by atoms with van der Waals surface area (Å²) in [5.41, 5.74) is 0.421. The molecule has 31 heavy (non-hydrogen) atoms. The van der Waals surface area contributed by atoms with Crippen molar-refractivity contribution in [3.05, 3.63) is 59.7 Å². The van der Waals surface area contributed by atoms with Gasteiger partial charge in [0.1, 0.15) is 23.1 Å². The van der Waals surface area contributed by atoms with Crippen molar-refractivity contribution in [3.63, 3.8) is 0 Å². The molecule has 2 aromatic heterocycles. The Hall–Kier alpha value is -3.84. The second kappa shape index (κ2) is 7.14. The summed E-state index contributed by atoms with van der Waals surface area (Å²) >= 11 is 5.64. The number of amides is 2. The first-order chi connectivity index (χ1) is 14.7. The molecular weight excluding hydrogens is 419 g/mol. The molecule has 1 fully saturated rings. The number of rotatable bonds is 3. The van der Waals surface area contributed by atoms with Crippen molar-refractivity contribution in [2.24, 2.45) is 0 Å². The van der Waals surface area contributed by atoms with Crippen molar-refractivity contribution in [1.29, 1.82) is 5.26 Å². The summed E-state index contributed by atoms with van der Waals surface area (Å²) in [7, 11) is 1.42. The van der Waals surface area contributed by atoms with Gasteiger partial charge in [-0.15, -0.1) is 0 Å². The van der Waals surface area contributed by atoms with E-state index in [0.717, 1.165) is 0 Å². The molecule has 0 bridgehead atoms. The third kappa shape index (κ3) is 2.93. The predicted molar refractivity (Wildman–Crippen MR) is 116 cm³/mol. The average Bonchev–Trinajstić information content (AvgIpc) is 3.29. The molecule has 1 aromatic carbocycles. The molecule has 3 aromatic rings. The van der Waals surface area contributed by atoms with Crippen LogP contribution in [0.25, 0.3) is 5.52 Å². The summed E-state index contributed by atoms with van der Waals surface area (Å²) in [6.07, 6.45) is 1.53. The number of aromatic nitrogens is 2. The Balaban J connectivity index is 1.82. The van der Waals surface area contributed by atoms with Gasteiger partial charge in [-0.05, 0) is 62.5 Å². The van der Waals surface area contributed by atoms with Gasteiger partial charge in [-0.1, -0.05) is 0 Å². The predicted octanol–water partition coefficient (Wildman–Crippen LogP) is 2.62. The van der Waals surface area contributed by atoms with Crippen LogP contribution in [0.15, 0.2) is 42.6 Å². The number of benzene rings is 1. The third-order valence-corrected chi connectivity index (χ3v) is 5.60. The third-order valence-electron chi connectivity index (χ3n) is 5.24. The fourth-order valence-electron chi connectivity index (χ4n) is 3.68. The number of pyridine rings is 1. The van der Waals surface area contributed by atoms with Crippen LogP contribution in [0.4, 0.5) is 15.8 Å². The first-order valence-corrected chi connectivity index (χ1v) is 9.70. The zero-order valence-corrected chi connectivity index (χ0v) is 17.7. The Labute approximate surface area is 182 Å². The summed E-state index contributed by atoms with van der Waals surface area (Å²) in [6, 6.07) is 11.0. The normalized spacial score (nSPS) is 15.5. The molecule has 2 amide bonds. The summed E-state index contributed by atoms with van der Waals surface area (Å²) in [6.45, 7) is 3.37. The van der Waals surface area contributed by atoms with E-state index >= 15 is 0 Å². The molecule has 1 N–H and O–H groups in total. The van der Waals surface area contributed by atoms with Crippen molar-refractivity contribution in [2.45, 2.75) is 19.4 Å². The first-order valence-electron chi connectivity index (χ1n) is 9.29. The number of halogens is 1. The number of anilines is 2. The minimum absolute atomic E-state index is 0.106. The number of carbonyl (C=O) groups excluding carboxylic acids is 2. The van der Waals surface area contributed by atoms with Gasteiger partial charge in [0.05, 0.1) is 23.0 Å². The number of carbonyl (C=O) groups is 2. The van der Waals surface area contributed by atoms with E-state index in [9.17, 15) is 19.2 Å². The van der Waals surface area contributed by atoms with Crippen molar-refractivity contribution in [1.82, 2.24) is 14.9 Å². The van der Waals surface area contributed by atoms with Gasteiger partial charge in [-0.25, -0.2) is 8.91 Å². The maximum absolute atomic E-state index is 14.6. The van der Waals surface area contributed by atoms with Gasteiger partial charge in [0.2, 0.25) is 0 Å². The molecular formula is C21H17FN6O2S. The number of nitriles is 1. The molecule has 0 radical (unpaired) electrons. The molecule has 0 unspecified atom stereocenters. The van der Waals surface area contributed by atoms with E-state index in [1.165, 1.54) is 34.8 Å². The van der Waals surface area contributed by atoms with Gasteiger partial charge >= 0.3 is 0 Å². The average molecular weight is 436 g/mol. The fourth-order valence-corrected chi connectivity index (χ4v) is 4.19.